The summed E-state index contributed by atoms with van der Waals surface area (Å²) in [5.41, 5.74) is 4.73. The zero-order chi connectivity index (χ0) is 22.1. The van der Waals surface area contributed by atoms with Crippen LogP contribution in [0.15, 0.2) is 23.3 Å². The average molecular weight is 413 g/mol. The van der Waals surface area contributed by atoms with Crippen molar-refractivity contribution in [1.29, 1.82) is 0 Å². The summed E-state index contributed by atoms with van der Waals surface area (Å²) >= 11 is 0. The van der Waals surface area contributed by atoms with E-state index in [9.17, 15) is 0 Å². The molecule has 4 aliphatic rings. The van der Waals surface area contributed by atoms with Gasteiger partial charge in [0.25, 0.3) is 0 Å². The van der Waals surface area contributed by atoms with Gasteiger partial charge in [0.15, 0.2) is 0 Å². The van der Waals surface area contributed by atoms with E-state index in [0.29, 0.717) is 28.3 Å². The van der Waals surface area contributed by atoms with Gasteiger partial charge in [-0.25, -0.2) is 0 Å². The molecule has 0 unspecified atom stereocenters. The summed E-state index contributed by atoms with van der Waals surface area (Å²) in [7, 11) is 9.13. The number of allylic oxidation sites excluding steroid dienone is 4. The lowest BCUT2D eigenvalue weighted by atomic mass is 9.51. The van der Waals surface area contributed by atoms with Gasteiger partial charge in [-0.1, -0.05) is 45.4 Å². The normalized spacial score (nSPS) is 44.0. The Bertz CT molecular complexity index is 729. The lowest BCUT2D eigenvalue weighted by Crippen LogP contribution is -2.49. The molecule has 4 aliphatic carbocycles. The van der Waals surface area contributed by atoms with E-state index in [-0.39, 0.29) is 0 Å². The van der Waals surface area contributed by atoms with Crippen LogP contribution in [0.5, 0.6) is 0 Å². The quantitative estimate of drug-likeness (QED) is 0.530. The molecule has 0 aromatic carbocycles. The Morgan fingerprint density at radius 1 is 0.900 bits per heavy atom. The maximum Gasteiger partial charge on any atom is 0.0149 e. The zero-order valence-corrected chi connectivity index (χ0v) is 21.4. The Kier molecular flexibility index (Phi) is 5.63. The molecule has 2 saturated carbocycles. The van der Waals surface area contributed by atoms with E-state index in [1.54, 1.807) is 11.1 Å². The molecule has 0 radical (unpaired) electrons. The molecule has 170 valence electrons. The van der Waals surface area contributed by atoms with Crippen molar-refractivity contribution in [3.63, 3.8) is 0 Å². The monoisotopic (exact) mass is 412 g/mol. The molecule has 0 amide bonds. The van der Waals surface area contributed by atoms with Gasteiger partial charge in [0.1, 0.15) is 0 Å². The van der Waals surface area contributed by atoms with Crippen molar-refractivity contribution < 1.29 is 0 Å². The van der Waals surface area contributed by atoms with Crippen LogP contribution in [0.2, 0.25) is 0 Å². The number of nitrogens with zero attached hydrogens (tertiary/aromatic N) is 2. The van der Waals surface area contributed by atoms with Crippen LogP contribution < -0.4 is 0 Å². The minimum atomic E-state index is 0.365. The van der Waals surface area contributed by atoms with Gasteiger partial charge in [-0.3, -0.25) is 0 Å². The van der Waals surface area contributed by atoms with Crippen molar-refractivity contribution in [3.8, 4) is 0 Å². The van der Waals surface area contributed by atoms with Crippen LogP contribution in [-0.2, 0) is 0 Å². The summed E-state index contributed by atoms with van der Waals surface area (Å²) in [6.07, 6.45) is 14.9. The minimum Gasteiger partial charge on any atom is -0.306 e. The molecule has 4 rings (SSSR count). The molecule has 0 bridgehead atoms. The molecule has 0 aromatic heterocycles. The summed E-state index contributed by atoms with van der Waals surface area (Å²) in [6, 6.07) is 1.37. The fraction of sp³-hybridized carbons (Fsp3) is 0.857. The SMILES string of the molecule is C[C@@H]([C@H]1CC[C@@]2(C)[C@@H]3CC[C@@H]4C(=CC3=CC[C@]12C)CC[C@H](N(C)C)C4(C)C)N(C)C. The van der Waals surface area contributed by atoms with Gasteiger partial charge < -0.3 is 9.80 Å². The number of fused-ring (bicyclic) bond motifs is 4. The van der Waals surface area contributed by atoms with Crippen molar-refractivity contribution in [3.05, 3.63) is 23.3 Å². The fourth-order valence-corrected chi connectivity index (χ4v) is 8.82. The summed E-state index contributed by atoms with van der Waals surface area (Å²) in [5, 5.41) is 0. The van der Waals surface area contributed by atoms with E-state index >= 15 is 0 Å². The number of hydrogen-bond donors (Lipinski definition) is 0. The van der Waals surface area contributed by atoms with E-state index in [0.717, 1.165) is 17.8 Å². The van der Waals surface area contributed by atoms with Crippen LogP contribution in [0.1, 0.15) is 79.6 Å². The van der Waals surface area contributed by atoms with Crippen molar-refractivity contribution >= 4 is 0 Å². The first kappa shape index (κ1) is 22.6. The second-order valence-corrected chi connectivity index (χ2v) is 12.8. The van der Waals surface area contributed by atoms with E-state index in [1.807, 2.05) is 0 Å². The van der Waals surface area contributed by atoms with Crippen molar-refractivity contribution in [2.75, 3.05) is 28.2 Å². The van der Waals surface area contributed by atoms with Crippen molar-refractivity contribution in [1.82, 2.24) is 9.80 Å². The van der Waals surface area contributed by atoms with Gasteiger partial charge >= 0.3 is 0 Å². The molecular formula is C28H48N2. The summed E-state index contributed by atoms with van der Waals surface area (Å²) in [4.78, 5) is 4.96. The number of hydrogen-bond acceptors (Lipinski definition) is 2. The molecule has 0 heterocycles. The molecule has 30 heavy (non-hydrogen) atoms. The highest BCUT2D eigenvalue weighted by molar-refractivity contribution is 5.37. The van der Waals surface area contributed by atoms with Crippen LogP contribution >= 0.6 is 0 Å². The van der Waals surface area contributed by atoms with Gasteiger partial charge in [0, 0.05) is 12.1 Å². The van der Waals surface area contributed by atoms with Gasteiger partial charge in [-0.15, -0.1) is 0 Å². The lowest BCUT2D eigenvalue weighted by Gasteiger charge is -2.54. The summed E-state index contributed by atoms with van der Waals surface area (Å²) in [5.74, 6) is 2.31. The predicted molar refractivity (Wildman–Crippen MR) is 130 cm³/mol. The fourth-order valence-electron chi connectivity index (χ4n) is 8.82. The first-order chi connectivity index (χ1) is 13.9. The third-order valence-corrected chi connectivity index (χ3v) is 11.1. The molecular weight excluding hydrogens is 364 g/mol. The van der Waals surface area contributed by atoms with Gasteiger partial charge in [0.2, 0.25) is 0 Å². The van der Waals surface area contributed by atoms with E-state index in [2.05, 4.69) is 84.8 Å². The smallest absolute Gasteiger partial charge is 0.0149 e. The van der Waals surface area contributed by atoms with Crippen LogP contribution in [0, 0.1) is 34.0 Å². The van der Waals surface area contributed by atoms with Gasteiger partial charge in [-0.2, -0.15) is 0 Å². The maximum atomic E-state index is 2.71. The van der Waals surface area contributed by atoms with Crippen LogP contribution in [-0.4, -0.2) is 50.1 Å². The molecule has 7 atom stereocenters. The average Bonchev–Trinajstić information content (AvgIpc) is 2.80. The Hall–Kier alpha value is -0.600. The third kappa shape index (κ3) is 3.11. The van der Waals surface area contributed by atoms with Gasteiger partial charge in [-0.05, 0) is 120 Å². The Morgan fingerprint density at radius 2 is 1.57 bits per heavy atom. The second kappa shape index (κ2) is 7.48. The molecule has 0 saturated heterocycles. The van der Waals surface area contributed by atoms with Crippen molar-refractivity contribution in [2.45, 2.75) is 91.6 Å². The summed E-state index contributed by atoms with van der Waals surface area (Å²) in [6.45, 7) is 12.9. The van der Waals surface area contributed by atoms with E-state index in [4.69, 9.17) is 0 Å². The standard InChI is InChI=1S/C28H48N2/c1-19(29(6)7)22-15-17-28(5)24-12-11-23-20(18-21(24)14-16-27(22,28)4)10-13-25(30(8)9)26(23,2)3/h14,18-19,22-25H,10-13,15-17H2,1-9H3/t19-,22+,23+,24+,25-,27+,28-/m0/s1. The number of rotatable bonds is 3. The second-order valence-electron chi connectivity index (χ2n) is 12.8. The predicted octanol–water partition coefficient (Wildman–Crippen LogP) is 6.39. The van der Waals surface area contributed by atoms with E-state index < -0.39 is 0 Å². The largest absolute Gasteiger partial charge is 0.306 e. The molecule has 0 aromatic rings. The van der Waals surface area contributed by atoms with Crippen molar-refractivity contribution in [2.24, 2.45) is 34.0 Å². The first-order valence-corrected chi connectivity index (χ1v) is 12.7. The molecule has 0 N–H and O–H groups in total. The minimum absolute atomic E-state index is 0.365. The molecule has 0 aliphatic heterocycles. The Morgan fingerprint density at radius 3 is 2.20 bits per heavy atom. The first-order valence-electron chi connectivity index (χ1n) is 12.7. The highest BCUT2D eigenvalue weighted by Gasteiger charge is 2.60. The Balaban J connectivity index is 1.67. The highest BCUT2D eigenvalue weighted by atomic mass is 15.1. The molecule has 2 heteroatoms. The van der Waals surface area contributed by atoms with Crippen LogP contribution in [0.4, 0.5) is 0 Å². The zero-order valence-electron chi connectivity index (χ0n) is 21.4. The van der Waals surface area contributed by atoms with E-state index in [1.165, 1.54) is 44.9 Å². The Labute approximate surface area is 187 Å². The third-order valence-electron chi connectivity index (χ3n) is 11.1. The van der Waals surface area contributed by atoms with Gasteiger partial charge in [0.05, 0.1) is 0 Å². The topological polar surface area (TPSA) is 6.48 Å². The summed E-state index contributed by atoms with van der Waals surface area (Å²) < 4.78 is 0. The van der Waals surface area contributed by atoms with Crippen LogP contribution in [0.3, 0.4) is 0 Å². The highest BCUT2D eigenvalue weighted by Crippen LogP contribution is 2.68. The molecule has 0 spiro atoms. The molecule has 2 nitrogen and oxygen atoms in total. The lowest BCUT2D eigenvalue weighted by molar-refractivity contribution is -0.0128. The van der Waals surface area contributed by atoms with Crippen LogP contribution in [0.25, 0.3) is 0 Å². The maximum absolute atomic E-state index is 2.71. The molecule has 2 fully saturated rings.